The van der Waals surface area contributed by atoms with E-state index in [4.69, 9.17) is 0 Å². The first-order valence-electron chi connectivity index (χ1n) is 8.88. The van der Waals surface area contributed by atoms with E-state index in [9.17, 15) is 21.6 Å². The molecule has 0 aliphatic carbocycles. The molecule has 2 aromatic rings. The van der Waals surface area contributed by atoms with E-state index < -0.39 is 27.1 Å². The Morgan fingerprint density at radius 2 is 1.85 bits per heavy atom. The van der Waals surface area contributed by atoms with E-state index in [1.54, 1.807) is 27.7 Å². The largest absolute Gasteiger partial charge is 0.433 e. The molecular weight excluding hydrogens is 381 g/mol. The highest BCUT2D eigenvalue weighted by molar-refractivity contribution is 7.89. The molecule has 1 atom stereocenters. The predicted molar refractivity (Wildman–Crippen MR) is 95.1 cm³/mol. The fraction of sp³-hybridized carbons (Fsp3) is 0.647. The van der Waals surface area contributed by atoms with E-state index >= 15 is 0 Å². The topological polar surface area (TPSA) is 67.6 Å². The molecule has 0 bridgehead atoms. The monoisotopic (exact) mass is 404 g/mol. The summed E-state index contributed by atoms with van der Waals surface area (Å²) in [6.07, 6.45) is -4.04. The summed E-state index contributed by atoms with van der Waals surface area (Å²) in [4.78, 5) is 4.31. The minimum atomic E-state index is -4.56. The zero-order valence-electron chi connectivity index (χ0n) is 15.7. The van der Waals surface area contributed by atoms with Crippen molar-refractivity contribution in [1.29, 1.82) is 0 Å². The van der Waals surface area contributed by atoms with Gasteiger partial charge in [-0.25, -0.2) is 22.2 Å². The van der Waals surface area contributed by atoms with Crippen molar-refractivity contribution in [3.8, 4) is 0 Å². The average molecular weight is 404 g/mol. The van der Waals surface area contributed by atoms with Gasteiger partial charge in [0, 0.05) is 30.8 Å². The summed E-state index contributed by atoms with van der Waals surface area (Å²) in [5.74, 6) is -0.406. The Kier molecular flexibility index (Phi) is 5.00. The van der Waals surface area contributed by atoms with Crippen LogP contribution in [0.1, 0.15) is 63.0 Å². The Labute approximate surface area is 156 Å². The van der Waals surface area contributed by atoms with Gasteiger partial charge in [-0.1, -0.05) is 13.8 Å². The molecule has 0 spiro atoms. The van der Waals surface area contributed by atoms with Crippen LogP contribution in [0, 0.1) is 0 Å². The molecule has 6 nitrogen and oxygen atoms in total. The Bertz CT molecular complexity index is 951. The van der Waals surface area contributed by atoms with Crippen molar-refractivity contribution < 1.29 is 21.6 Å². The molecule has 0 saturated carbocycles. The van der Waals surface area contributed by atoms with Crippen LogP contribution in [0.15, 0.2) is 12.1 Å². The molecule has 0 N–H and O–H groups in total. The van der Waals surface area contributed by atoms with Crippen LogP contribution in [0.25, 0.3) is 5.65 Å². The number of hydrogen-bond donors (Lipinski definition) is 0. The average Bonchev–Trinajstić information content (AvgIpc) is 3.19. The molecule has 0 aromatic carbocycles. The molecule has 1 aliphatic rings. The number of hydrogen-bond acceptors (Lipinski definition) is 4. The summed E-state index contributed by atoms with van der Waals surface area (Å²) >= 11 is 0. The standard InChI is InChI=1S/C17H23F3N4O2S/c1-10(2)13-7-15(17(18,19)20)24-16(21-13)8-14(22-24)12-5-6-23(9-12)27(25,26)11(3)4/h7-8,10-12H,5-6,9H2,1-4H3/t12-/m0/s1. The van der Waals surface area contributed by atoms with Gasteiger partial charge in [-0.15, -0.1) is 0 Å². The molecule has 10 heteroatoms. The summed E-state index contributed by atoms with van der Waals surface area (Å²) in [7, 11) is -3.39. The number of halogens is 3. The summed E-state index contributed by atoms with van der Waals surface area (Å²) < 4.78 is 67.3. The molecule has 1 aliphatic heterocycles. The van der Waals surface area contributed by atoms with Crippen LogP contribution < -0.4 is 0 Å². The van der Waals surface area contributed by atoms with E-state index in [-0.39, 0.29) is 24.0 Å². The predicted octanol–water partition coefficient (Wildman–Crippen LogP) is 3.40. The normalized spacial score (nSPS) is 19.7. The molecule has 27 heavy (non-hydrogen) atoms. The maximum absolute atomic E-state index is 13.5. The third kappa shape index (κ3) is 3.69. The maximum Gasteiger partial charge on any atom is 0.433 e. The number of sulfonamides is 1. The van der Waals surface area contributed by atoms with Crippen molar-refractivity contribution in [2.45, 2.75) is 57.4 Å². The lowest BCUT2D eigenvalue weighted by atomic mass is 10.1. The number of rotatable bonds is 4. The van der Waals surface area contributed by atoms with Gasteiger partial charge in [-0.05, 0) is 32.3 Å². The third-order valence-corrected chi connectivity index (χ3v) is 7.12. The van der Waals surface area contributed by atoms with Crippen molar-refractivity contribution in [2.75, 3.05) is 13.1 Å². The number of nitrogens with zero attached hydrogens (tertiary/aromatic N) is 4. The molecule has 1 saturated heterocycles. The van der Waals surface area contributed by atoms with Crippen LogP contribution >= 0.6 is 0 Å². The van der Waals surface area contributed by atoms with Crippen molar-refractivity contribution in [2.24, 2.45) is 0 Å². The molecule has 3 heterocycles. The van der Waals surface area contributed by atoms with Gasteiger partial charge in [0.2, 0.25) is 10.0 Å². The van der Waals surface area contributed by atoms with Gasteiger partial charge in [0.25, 0.3) is 0 Å². The molecule has 0 unspecified atom stereocenters. The van der Waals surface area contributed by atoms with Crippen molar-refractivity contribution in [1.82, 2.24) is 18.9 Å². The Morgan fingerprint density at radius 3 is 2.41 bits per heavy atom. The molecule has 3 rings (SSSR count). The van der Waals surface area contributed by atoms with E-state index in [1.807, 2.05) is 0 Å². The SMILES string of the molecule is CC(C)c1cc(C(F)(F)F)n2nc([C@H]3CCN(S(=O)(=O)C(C)C)C3)cc2n1. The number of aromatic nitrogens is 3. The first kappa shape index (κ1) is 20.1. The zero-order chi connectivity index (χ0) is 20.1. The number of alkyl halides is 3. The summed E-state index contributed by atoms with van der Waals surface area (Å²) in [5, 5.41) is 3.60. The van der Waals surface area contributed by atoms with Gasteiger partial charge in [0.1, 0.15) is 5.69 Å². The molecule has 150 valence electrons. The van der Waals surface area contributed by atoms with E-state index in [0.717, 1.165) is 10.6 Å². The Balaban J connectivity index is 2.00. The molecular formula is C17H23F3N4O2S. The minimum Gasteiger partial charge on any atom is -0.233 e. The molecule has 0 amide bonds. The highest BCUT2D eigenvalue weighted by Crippen LogP contribution is 2.34. The summed E-state index contributed by atoms with van der Waals surface area (Å²) in [5.41, 5.74) is 0.0490. The lowest BCUT2D eigenvalue weighted by Gasteiger charge is -2.18. The minimum absolute atomic E-state index is 0.133. The highest BCUT2D eigenvalue weighted by atomic mass is 32.2. The first-order chi connectivity index (χ1) is 12.4. The van der Waals surface area contributed by atoms with Gasteiger partial charge >= 0.3 is 6.18 Å². The summed E-state index contributed by atoms with van der Waals surface area (Å²) in [6, 6.07) is 2.57. The fourth-order valence-corrected chi connectivity index (χ4v) is 4.55. The van der Waals surface area contributed by atoms with Crippen LogP contribution in [0.5, 0.6) is 0 Å². The fourth-order valence-electron chi connectivity index (χ4n) is 3.21. The van der Waals surface area contributed by atoms with Gasteiger partial charge in [-0.2, -0.15) is 18.3 Å². The Morgan fingerprint density at radius 1 is 1.19 bits per heavy atom. The molecule has 0 radical (unpaired) electrons. The maximum atomic E-state index is 13.5. The van der Waals surface area contributed by atoms with Gasteiger partial charge in [-0.3, -0.25) is 0 Å². The van der Waals surface area contributed by atoms with Gasteiger partial charge < -0.3 is 0 Å². The van der Waals surface area contributed by atoms with Crippen LogP contribution in [-0.4, -0.2) is 45.7 Å². The second-order valence-electron chi connectivity index (χ2n) is 7.50. The lowest BCUT2D eigenvalue weighted by Crippen LogP contribution is -2.34. The second-order valence-corrected chi connectivity index (χ2v) is 9.98. The quantitative estimate of drug-likeness (QED) is 0.783. The zero-order valence-corrected chi connectivity index (χ0v) is 16.5. The van der Waals surface area contributed by atoms with Crippen LogP contribution in [0.2, 0.25) is 0 Å². The van der Waals surface area contributed by atoms with E-state index in [2.05, 4.69) is 10.1 Å². The molecule has 1 fully saturated rings. The molecule has 2 aromatic heterocycles. The summed E-state index contributed by atoms with van der Waals surface area (Å²) in [6.45, 7) is 7.35. The van der Waals surface area contributed by atoms with Gasteiger partial charge in [0.05, 0.1) is 10.9 Å². The van der Waals surface area contributed by atoms with E-state index in [1.165, 1.54) is 10.4 Å². The van der Waals surface area contributed by atoms with Crippen LogP contribution in [0.4, 0.5) is 13.2 Å². The lowest BCUT2D eigenvalue weighted by molar-refractivity contribution is -0.142. The Hall–Kier alpha value is -1.68. The van der Waals surface area contributed by atoms with Crippen LogP contribution in [-0.2, 0) is 16.2 Å². The highest BCUT2D eigenvalue weighted by Gasteiger charge is 2.38. The van der Waals surface area contributed by atoms with Crippen LogP contribution in [0.3, 0.4) is 0 Å². The smallest absolute Gasteiger partial charge is 0.233 e. The van der Waals surface area contributed by atoms with Crippen molar-refractivity contribution in [3.63, 3.8) is 0 Å². The third-order valence-electron chi connectivity index (χ3n) is 4.87. The second kappa shape index (κ2) is 6.73. The number of fused-ring (bicyclic) bond motifs is 1. The van der Waals surface area contributed by atoms with Crippen molar-refractivity contribution in [3.05, 3.63) is 29.2 Å². The van der Waals surface area contributed by atoms with Crippen molar-refractivity contribution >= 4 is 15.7 Å². The van der Waals surface area contributed by atoms with E-state index in [0.29, 0.717) is 24.4 Å². The first-order valence-corrected chi connectivity index (χ1v) is 10.4. The van der Waals surface area contributed by atoms with Gasteiger partial charge in [0.15, 0.2) is 5.65 Å².